The molecule has 0 aliphatic carbocycles. The highest BCUT2D eigenvalue weighted by Gasteiger charge is 2.24. The van der Waals surface area contributed by atoms with E-state index in [9.17, 15) is 5.26 Å². The Morgan fingerprint density at radius 2 is 2.26 bits per heavy atom. The summed E-state index contributed by atoms with van der Waals surface area (Å²) in [7, 11) is 0. The minimum absolute atomic E-state index is 0.614. The summed E-state index contributed by atoms with van der Waals surface area (Å²) in [6.45, 7) is 3.34. The van der Waals surface area contributed by atoms with Crippen LogP contribution >= 0.6 is 11.8 Å². The molecule has 1 aromatic rings. The molecule has 2 rings (SSSR count). The highest BCUT2D eigenvalue weighted by molar-refractivity contribution is 7.98. The SMILES string of the molecule is CCCC1CCCCN1c1cccc(SC)c1C#N. The first-order valence-corrected chi connectivity index (χ1v) is 8.38. The minimum Gasteiger partial charge on any atom is -0.367 e. The summed E-state index contributed by atoms with van der Waals surface area (Å²) in [6.07, 6.45) is 8.32. The van der Waals surface area contributed by atoms with Crippen LogP contribution in [0, 0.1) is 11.3 Å². The zero-order chi connectivity index (χ0) is 13.7. The van der Waals surface area contributed by atoms with Crippen molar-refractivity contribution in [3.63, 3.8) is 0 Å². The molecule has 0 N–H and O–H groups in total. The molecule has 1 aliphatic rings. The molecule has 1 heterocycles. The van der Waals surface area contributed by atoms with E-state index >= 15 is 0 Å². The number of rotatable bonds is 4. The van der Waals surface area contributed by atoms with Gasteiger partial charge in [0.15, 0.2) is 0 Å². The lowest BCUT2D eigenvalue weighted by atomic mass is 9.96. The molecule has 19 heavy (non-hydrogen) atoms. The summed E-state index contributed by atoms with van der Waals surface area (Å²) in [5.41, 5.74) is 2.01. The van der Waals surface area contributed by atoms with Crippen LogP contribution < -0.4 is 4.90 Å². The second-order valence-corrected chi connectivity index (χ2v) is 5.95. The maximum atomic E-state index is 9.49. The van der Waals surface area contributed by atoms with Crippen molar-refractivity contribution < 1.29 is 0 Å². The molecule has 1 fully saturated rings. The lowest BCUT2D eigenvalue weighted by Crippen LogP contribution is -2.40. The fourth-order valence-electron chi connectivity index (χ4n) is 2.99. The highest BCUT2D eigenvalue weighted by atomic mass is 32.2. The summed E-state index contributed by atoms with van der Waals surface area (Å²) in [5.74, 6) is 0. The van der Waals surface area contributed by atoms with Crippen molar-refractivity contribution in [1.29, 1.82) is 5.26 Å². The Morgan fingerprint density at radius 1 is 1.42 bits per heavy atom. The van der Waals surface area contributed by atoms with Crippen LogP contribution in [0.25, 0.3) is 0 Å². The fourth-order valence-corrected chi connectivity index (χ4v) is 3.56. The molecule has 0 spiro atoms. The van der Waals surface area contributed by atoms with Gasteiger partial charge in [0.2, 0.25) is 0 Å². The van der Waals surface area contributed by atoms with Crippen molar-refractivity contribution >= 4 is 17.4 Å². The van der Waals surface area contributed by atoms with Crippen molar-refractivity contribution in [2.45, 2.75) is 50.0 Å². The van der Waals surface area contributed by atoms with Crippen molar-refractivity contribution in [3.8, 4) is 6.07 Å². The van der Waals surface area contributed by atoms with Crippen molar-refractivity contribution in [1.82, 2.24) is 0 Å². The second-order valence-electron chi connectivity index (χ2n) is 5.10. The van der Waals surface area contributed by atoms with E-state index in [1.54, 1.807) is 11.8 Å². The van der Waals surface area contributed by atoms with E-state index in [0.717, 1.165) is 22.7 Å². The summed E-state index contributed by atoms with van der Waals surface area (Å²) >= 11 is 1.66. The molecule has 0 radical (unpaired) electrons. The van der Waals surface area contributed by atoms with Crippen LogP contribution in [-0.2, 0) is 0 Å². The van der Waals surface area contributed by atoms with Gasteiger partial charge in [-0.1, -0.05) is 19.4 Å². The molecule has 1 aromatic carbocycles. The topological polar surface area (TPSA) is 27.0 Å². The van der Waals surface area contributed by atoms with Crippen molar-refractivity contribution in [3.05, 3.63) is 23.8 Å². The van der Waals surface area contributed by atoms with Gasteiger partial charge in [-0.05, 0) is 44.1 Å². The molecule has 3 heteroatoms. The van der Waals surface area contributed by atoms with Gasteiger partial charge in [-0.2, -0.15) is 5.26 Å². The highest BCUT2D eigenvalue weighted by Crippen LogP contribution is 2.33. The molecule has 2 nitrogen and oxygen atoms in total. The van der Waals surface area contributed by atoms with Gasteiger partial charge in [-0.3, -0.25) is 0 Å². The zero-order valence-electron chi connectivity index (χ0n) is 11.9. The Labute approximate surface area is 120 Å². The Morgan fingerprint density at radius 3 is 2.95 bits per heavy atom. The van der Waals surface area contributed by atoms with Gasteiger partial charge in [0.1, 0.15) is 6.07 Å². The first kappa shape index (κ1) is 14.3. The number of nitriles is 1. The number of nitrogens with zero attached hydrogens (tertiary/aromatic N) is 2. The first-order valence-electron chi connectivity index (χ1n) is 7.15. The Balaban J connectivity index is 2.36. The Bertz CT molecular complexity index is 462. The third kappa shape index (κ3) is 3.06. The van der Waals surface area contributed by atoms with Crippen molar-refractivity contribution in [2.75, 3.05) is 17.7 Å². The quantitative estimate of drug-likeness (QED) is 0.760. The van der Waals surface area contributed by atoms with E-state index in [1.165, 1.54) is 32.1 Å². The van der Waals surface area contributed by atoms with Crippen LogP contribution in [0.2, 0.25) is 0 Å². The van der Waals surface area contributed by atoms with E-state index in [2.05, 4.69) is 30.0 Å². The predicted octanol–water partition coefficient (Wildman–Crippen LogP) is 4.44. The van der Waals surface area contributed by atoms with Gasteiger partial charge >= 0.3 is 0 Å². The summed E-state index contributed by atoms with van der Waals surface area (Å²) in [4.78, 5) is 3.58. The average molecular weight is 274 g/mol. The maximum absolute atomic E-state index is 9.49. The van der Waals surface area contributed by atoms with Gasteiger partial charge in [0, 0.05) is 17.5 Å². The van der Waals surface area contributed by atoms with Crippen LogP contribution in [0.1, 0.15) is 44.6 Å². The zero-order valence-corrected chi connectivity index (χ0v) is 12.7. The molecule has 102 valence electrons. The van der Waals surface area contributed by atoms with E-state index in [-0.39, 0.29) is 0 Å². The largest absolute Gasteiger partial charge is 0.367 e. The molecule has 0 bridgehead atoms. The molecular formula is C16H22N2S. The van der Waals surface area contributed by atoms with Crippen LogP contribution in [-0.4, -0.2) is 18.8 Å². The first-order chi connectivity index (χ1) is 9.31. The Kier molecular flexibility index (Phi) is 5.15. The number of hydrogen-bond donors (Lipinski definition) is 0. The predicted molar refractivity (Wildman–Crippen MR) is 82.8 cm³/mol. The molecule has 1 saturated heterocycles. The summed E-state index contributed by atoms with van der Waals surface area (Å²) < 4.78 is 0. The number of thioether (sulfide) groups is 1. The van der Waals surface area contributed by atoms with E-state index in [4.69, 9.17) is 0 Å². The summed E-state index contributed by atoms with van der Waals surface area (Å²) in [6, 6.07) is 9.27. The minimum atomic E-state index is 0.614. The second kappa shape index (κ2) is 6.86. The lowest BCUT2D eigenvalue weighted by molar-refractivity contribution is 0.434. The normalized spacial score (nSPS) is 19.2. The standard InChI is InChI=1S/C16H22N2S/c1-3-7-13-8-4-5-11-18(13)15-9-6-10-16(19-2)14(15)12-17/h6,9-10,13H,3-5,7-8,11H2,1-2H3. The van der Waals surface area contributed by atoms with Crippen molar-refractivity contribution in [2.24, 2.45) is 0 Å². The van der Waals surface area contributed by atoms with Gasteiger partial charge in [0.25, 0.3) is 0 Å². The molecule has 1 atom stereocenters. The van der Waals surface area contributed by atoms with Crippen LogP contribution in [0.4, 0.5) is 5.69 Å². The van der Waals surface area contributed by atoms with Crippen LogP contribution in [0.3, 0.4) is 0 Å². The lowest BCUT2D eigenvalue weighted by Gasteiger charge is -2.38. The number of anilines is 1. The monoisotopic (exact) mass is 274 g/mol. The molecule has 1 aliphatic heterocycles. The molecule has 0 saturated carbocycles. The van der Waals surface area contributed by atoms with Gasteiger partial charge in [-0.15, -0.1) is 11.8 Å². The fraction of sp³-hybridized carbons (Fsp3) is 0.562. The molecular weight excluding hydrogens is 252 g/mol. The van der Waals surface area contributed by atoms with Crippen LogP contribution in [0.15, 0.2) is 23.1 Å². The van der Waals surface area contributed by atoms with E-state index in [1.807, 2.05) is 12.3 Å². The third-order valence-electron chi connectivity index (χ3n) is 3.89. The number of hydrogen-bond acceptors (Lipinski definition) is 3. The molecule has 1 unspecified atom stereocenters. The third-order valence-corrected chi connectivity index (χ3v) is 4.67. The van der Waals surface area contributed by atoms with E-state index in [0.29, 0.717) is 6.04 Å². The average Bonchev–Trinajstić information content (AvgIpc) is 2.47. The molecule has 0 aromatic heterocycles. The number of benzene rings is 1. The molecule has 0 amide bonds. The maximum Gasteiger partial charge on any atom is 0.103 e. The van der Waals surface area contributed by atoms with Gasteiger partial charge in [0.05, 0.1) is 11.3 Å². The van der Waals surface area contributed by atoms with E-state index < -0.39 is 0 Å². The number of piperidine rings is 1. The van der Waals surface area contributed by atoms with Gasteiger partial charge < -0.3 is 4.90 Å². The smallest absolute Gasteiger partial charge is 0.103 e. The summed E-state index contributed by atoms with van der Waals surface area (Å²) in [5, 5.41) is 9.49. The van der Waals surface area contributed by atoms with Crippen LogP contribution in [0.5, 0.6) is 0 Å². The van der Waals surface area contributed by atoms with Gasteiger partial charge in [-0.25, -0.2) is 0 Å². The Hall–Kier alpha value is -1.14.